The smallest absolute Gasteiger partial charge is 0.323 e. The summed E-state index contributed by atoms with van der Waals surface area (Å²) in [6, 6.07) is 13.3. The van der Waals surface area contributed by atoms with Gasteiger partial charge in [-0.2, -0.15) is 0 Å². The first kappa shape index (κ1) is 13.1. The number of hydrogen-bond acceptors (Lipinski definition) is 3. The third kappa shape index (κ3) is 3.31. The van der Waals surface area contributed by atoms with Gasteiger partial charge in [0.1, 0.15) is 6.54 Å². The molecule has 98 valence electrons. The molecule has 0 amide bonds. The molecule has 1 atom stereocenters. The molecule has 0 aliphatic carbocycles. The second-order valence-electron chi connectivity index (χ2n) is 4.31. The minimum atomic E-state index is -0.843. The van der Waals surface area contributed by atoms with E-state index in [-0.39, 0.29) is 12.6 Å². The summed E-state index contributed by atoms with van der Waals surface area (Å²) in [4.78, 5) is 16.9. The number of hydrogen-bond donors (Lipinski definition) is 1. The van der Waals surface area contributed by atoms with Crippen molar-refractivity contribution in [1.29, 1.82) is 0 Å². The van der Waals surface area contributed by atoms with Gasteiger partial charge in [0.15, 0.2) is 0 Å². The number of aromatic nitrogens is 1. The predicted octanol–water partition coefficient (Wildman–Crippen LogP) is 2.73. The van der Waals surface area contributed by atoms with Gasteiger partial charge in [-0.25, -0.2) is 0 Å². The third-order valence-electron chi connectivity index (χ3n) is 3.05. The van der Waals surface area contributed by atoms with Gasteiger partial charge >= 0.3 is 5.97 Å². The molecule has 1 aromatic carbocycles. The van der Waals surface area contributed by atoms with Crippen LogP contribution in [0.5, 0.6) is 0 Å². The maximum absolute atomic E-state index is 11.1. The van der Waals surface area contributed by atoms with Crippen LogP contribution < -0.4 is 4.90 Å². The molecule has 2 rings (SSSR count). The average molecular weight is 256 g/mol. The van der Waals surface area contributed by atoms with E-state index in [0.717, 1.165) is 11.3 Å². The first-order valence-electron chi connectivity index (χ1n) is 6.12. The Labute approximate surface area is 112 Å². The van der Waals surface area contributed by atoms with Gasteiger partial charge in [0.05, 0.1) is 6.04 Å². The molecule has 1 N–H and O–H groups in total. The molecule has 0 saturated carbocycles. The Bertz CT molecular complexity index is 528. The normalized spacial score (nSPS) is 11.8. The number of para-hydroxylation sites is 1. The maximum atomic E-state index is 11.1. The van der Waals surface area contributed by atoms with Crippen molar-refractivity contribution < 1.29 is 9.90 Å². The molecule has 0 spiro atoms. The van der Waals surface area contributed by atoms with Crippen molar-refractivity contribution >= 4 is 11.7 Å². The first-order valence-corrected chi connectivity index (χ1v) is 6.12. The number of aliphatic carboxylic acids is 1. The molecule has 2 aromatic rings. The van der Waals surface area contributed by atoms with Crippen molar-refractivity contribution in [2.45, 2.75) is 13.0 Å². The molecular formula is C15H16N2O2. The second-order valence-corrected chi connectivity index (χ2v) is 4.31. The maximum Gasteiger partial charge on any atom is 0.323 e. The van der Waals surface area contributed by atoms with Crippen molar-refractivity contribution in [3.8, 4) is 0 Å². The Morgan fingerprint density at radius 2 is 1.84 bits per heavy atom. The molecule has 0 radical (unpaired) electrons. The van der Waals surface area contributed by atoms with Crippen LogP contribution in [0.1, 0.15) is 18.5 Å². The van der Waals surface area contributed by atoms with Gasteiger partial charge in [0.2, 0.25) is 0 Å². The molecule has 1 heterocycles. The minimum Gasteiger partial charge on any atom is -0.480 e. The molecule has 0 bridgehead atoms. The Kier molecular flexibility index (Phi) is 4.13. The minimum absolute atomic E-state index is 0.0264. The number of nitrogens with zero attached hydrogens (tertiary/aromatic N) is 2. The highest BCUT2D eigenvalue weighted by molar-refractivity contribution is 5.74. The lowest BCUT2D eigenvalue weighted by Crippen LogP contribution is -2.32. The van der Waals surface area contributed by atoms with E-state index in [1.165, 1.54) is 0 Å². The summed E-state index contributed by atoms with van der Waals surface area (Å²) >= 11 is 0. The molecule has 4 nitrogen and oxygen atoms in total. The van der Waals surface area contributed by atoms with Crippen LogP contribution in [0.2, 0.25) is 0 Å². The molecule has 1 aromatic heterocycles. The first-order chi connectivity index (χ1) is 9.18. The standard InChI is InChI=1S/C15H16N2O2/c1-12(13-7-9-16-10-8-13)17(11-15(18)19)14-5-3-2-4-6-14/h2-10,12H,11H2,1H3,(H,18,19). The SMILES string of the molecule is CC(c1ccncc1)N(CC(=O)O)c1ccccc1. The van der Waals surface area contributed by atoms with Crippen LogP contribution >= 0.6 is 0 Å². The zero-order chi connectivity index (χ0) is 13.7. The number of carbonyl (C=O) groups is 1. The van der Waals surface area contributed by atoms with E-state index < -0.39 is 5.97 Å². The van der Waals surface area contributed by atoms with Crippen molar-refractivity contribution in [3.05, 3.63) is 60.4 Å². The van der Waals surface area contributed by atoms with Crippen LogP contribution in [-0.2, 0) is 4.79 Å². The molecule has 4 heteroatoms. The summed E-state index contributed by atoms with van der Waals surface area (Å²) in [5.41, 5.74) is 1.94. The lowest BCUT2D eigenvalue weighted by molar-refractivity contribution is -0.135. The van der Waals surface area contributed by atoms with Crippen molar-refractivity contribution in [1.82, 2.24) is 4.98 Å². The highest BCUT2D eigenvalue weighted by Gasteiger charge is 2.18. The van der Waals surface area contributed by atoms with Crippen molar-refractivity contribution in [2.75, 3.05) is 11.4 Å². The molecule has 0 saturated heterocycles. The number of benzene rings is 1. The summed E-state index contributed by atoms with van der Waals surface area (Å²) in [7, 11) is 0. The van der Waals surface area contributed by atoms with Gasteiger partial charge in [-0.3, -0.25) is 9.78 Å². The van der Waals surface area contributed by atoms with E-state index in [4.69, 9.17) is 5.11 Å². The van der Waals surface area contributed by atoms with E-state index in [1.54, 1.807) is 12.4 Å². The van der Waals surface area contributed by atoms with Gasteiger partial charge in [0, 0.05) is 18.1 Å². The zero-order valence-electron chi connectivity index (χ0n) is 10.7. The molecule has 19 heavy (non-hydrogen) atoms. The molecular weight excluding hydrogens is 240 g/mol. The highest BCUT2D eigenvalue weighted by Crippen LogP contribution is 2.25. The zero-order valence-corrected chi connectivity index (χ0v) is 10.7. The summed E-state index contributed by atoms with van der Waals surface area (Å²) in [5.74, 6) is -0.843. The quantitative estimate of drug-likeness (QED) is 0.893. The van der Waals surface area contributed by atoms with Crippen LogP contribution in [0.15, 0.2) is 54.9 Å². The third-order valence-corrected chi connectivity index (χ3v) is 3.05. The topological polar surface area (TPSA) is 53.4 Å². The van der Waals surface area contributed by atoms with Gasteiger partial charge in [-0.1, -0.05) is 18.2 Å². The number of rotatable bonds is 5. The number of carboxylic acid groups (broad SMARTS) is 1. The second kappa shape index (κ2) is 6.00. The molecule has 1 unspecified atom stereocenters. The van der Waals surface area contributed by atoms with Crippen LogP contribution in [0.25, 0.3) is 0 Å². The van der Waals surface area contributed by atoms with Crippen LogP contribution in [0.3, 0.4) is 0 Å². The number of carboxylic acids is 1. The monoisotopic (exact) mass is 256 g/mol. The largest absolute Gasteiger partial charge is 0.480 e. The summed E-state index contributed by atoms with van der Waals surface area (Å²) in [6.45, 7) is 1.96. The van der Waals surface area contributed by atoms with E-state index in [0.29, 0.717) is 0 Å². The Morgan fingerprint density at radius 3 is 2.42 bits per heavy atom. The van der Waals surface area contributed by atoms with E-state index in [2.05, 4.69) is 4.98 Å². The average Bonchev–Trinajstić information content (AvgIpc) is 2.46. The number of pyridine rings is 1. The highest BCUT2D eigenvalue weighted by atomic mass is 16.4. The van der Waals surface area contributed by atoms with Gasteiger partial charge in [-0.05, 0) is 36.8 Å². The molecule has 0 fully saturated rings. The lowest BCUT2D eigenvalue weighted by atomic mass is 10.1. The van der Waals surface area contributed by atoms with Gasteiger partial charge in [-0.15, -0.1) is 0 Å². The van der Waals surface area contributed by atoms with Crippen molar-refractivity contribution in [2.24, 2.45) is 0 Å². The predicted molar refractivity (Wildman–Crippen MR) is 74.1 cm³/mol. The van der Waals surface area contributed by atoms with Crippen LogP contribution in [0, 0.1) is 0 Å². The van der Waals surface area contributed by atoms with Gasteiger partial charge in [0.25, 0.3) is 0 Å². The lowest BCUT2D eigenvalue weighted by Gasteiger charge is -2.30. The molecule has 0 aliphatic rings. The number of anilines is 1. The Balaban J connectivity index is 2.30. The molecule has 0 aliphatic heterocycles. The Morgan fingerprint density at radius 1 is 1.21 bits per heavy atom. The van der Waals surface area contributed by atoms with E-state index >= 15 is 0 Å². The summed E-state index contributed by atoms with van der Waals surface area (Å²) in [6.07, 6.45) is 3.44. The van der Waals surface area contributed by atoms with E-state index in [1.807, 2.05) is 54.3 Å². The van der Waals surface area contributed by atoms with Crippen LogP contribution in [-0.4, -0.2) is 22.6 Å². The van der Waals surface area contributed by atoms with Crippen LogP contribution in [0.4, 0.5) is 5.69 Å². The summed E-state index contributed by atoms with van der Waals surface area (Å²) < 4.78 is 0. The fraction of sp³-hybridized carbons (Fsp3) is 0.200. The fourth-order valence-electron chi connectivity index (χ4n) is 2.04. The van der Waals surface area contributed by atoms with Gasteiger partial charge < -0.3 is 10.0 Å². The Hall–Kier alpha value is -2.36. The van der Waals surface area contributed by atoms with E-state index in [9.17, 15) is 4.79 Å². The van der Waals surface area contributed by atoms with Crippen molar-refractivity contribution in [3.63, 3.8) is 0 Å². The fourth-order valence-corrected chi connectivity index (χ4v) is 2.04. The summed E-state index contributed by atoms with van der Waals surface area (Å²) in [5, 5.41) is 9.09.